The number of benzene rings is 2. The van der Waals surface area contributed by atoms with Gasteiger partial charge in [0.2, 0.25) is 0 Å². The lowest BCUT2D eigenvalue weighted by Crippen LogP contribution is -2.39. The van der Waals surface area contributed by atoms with Crippen LogP contribution in [0.3, 0.4) is 0 Å². The molecule has 1 aromatic heterocycles. The van der Waals surface area contributed by atoms with E-state index in [1.165, 1.54) is 6.33 Å². The Morgan fingerprint density at radius 1 is 1.14 bits per heavy atom. The lowest BCUT2D eigenvalue weighted by molar-refractivity contribution is -0.138. The molecule has 0 fully saturated rings. The van der Waals surface area contributed by atoms with Crippen LogP contribution in [0.5, 0.6) is 5.75 Å². The van der Waals surface area contributed by atoms with Crippen LogP contribution in [0.25, 0.3) is 5.69 Å². The largest absolute Gasteiger partial charge is 0.479 e. The number of hydrogen-bond donors (Lipinski definition) is 0. The number of rotatable bonds is 6. The van der Waals surface area contributed by atoms with E-state index in [1.807, 2.05) is 31.2 Å². The summed E-state index contributed by atoms with van der Waals surface area (Å²) in [7, 11) is 1.75. The molecule has 146 valence electrons. The fourth-order valence-corrected chi connectivity index (χ4v) is 3.21. The molecule has 8 heteroatoms. The lowest BCUT2D eigenvalue weighted by Gasteiger charge is -2.28. The van der Waals surface area contributed by atoms with Crippen LogP contribution < -0.4 is 4.74 Å². The number of ether oxygens (including phenoxy) is 1. The van der Waals surface area contributed by atoms with Gasteiger partial charge in [0.05, 0.1) is 16.8 Å². The van der Waals surface area contributed by atoms with Crippen LogP contribution in [0.1, 0.15) is 25.5 Å². The zero-order valence-corrected chi connectivity index (χ0v) is 17.2. The number of carbonyl (C=O) groups excluding carboxylic acids is 1. The molecule has 28 heavy (non-hydrogen) atoms. The molecular weight excluding hydrogens is 399 g/mol. The summed E-state index contributed by atoms with van der Waals surface area (Å²) in [6, 6.07) is 12.6. The molecule has 2 atom stereocenters. The van der Waals surface area contributed by atoms with Crippen LogP contribution in [-0.4, -0.2) is 38.7 Å². The molecule has 1 heterocycles. The molecule has 0 unspecified atom stereocenters. The first-order valence-corrected chi connectivity index (χ1v) is 9.45. The van der Waals surface area contributed by atoms with Crippen LogP contribution in [-0.2, 0) is 4.79 Å². The van der Waals surface area contributed by atoms with Gasteiger partial charge >= 0.3 is 0 Å². The SMILES string of the molecule is C[C@@H](Oc1ccc(Cl)cc1Cl)C(=O)N(C)[C@@H](C)c1ccc(-n2cncn2)cc1. The molecule has 0 aliphatic rings. The van der Waals surface area contributed by atoms with Gasteiger partial charge in [-0.15, -0.1) is 0 Å². The molecule has 0 saturated carbocycles. The Labute approximate surface area is 173 Å². The standard InChI is InChI=1S/C20H20Cl2N4O2/c1-13(15-4-7-17(8-5-15)26-12-23-11-24-26)25(3)20(27)14(2)28-19-9-6-16(21)10-18(19)22/h4-14H,1-3H3/t13-,14+/m0/s1. The Bertz CT molecular complexity index is 945. The molecule has 0 spiro atoms. The maximum atomic E-state index is 12.8. The zero-order chi connectivity index (χ0) is 20.3. The van der Waals surface area contributed by atoms with Crippen molar-refractivity contribution >= 4 is 29.1 Å². The fourth-order valence-electron chi connectivity index (χ4n) is 2.76. The van der Waals surface area contributed by atoms with E-state index in [2.05, 4.69) is 10.1 Å². The van der Waals surface area contributed by atoms with E-state index in [1.54, 1.807) is 48.1 Å². The summed E-state index contributed by atoms with van der Waals surface area (Å²) in [6.07, 6.45) is 2.42. The van der Waals surface area contributed by atoms with Gasteiger partial charge in [0.15, 0.2) is 6.10 Å². The van der Waals surface area contributed by atoms with Gasteiger partial charge in [0, 0.05) is 12.1 Å². The number of nitrogens with zero attached hydrogens (tertiary/aromatic N) is 4. The smallest absolute Gasteiger partial charge is 0.263 e. The number of likely N-dealkylation sites (N-methyl/N-ethyl adjacent to an activating group) is 1. The molecule has 0 N–H and O–H groups in total. The Hall–Kier alpha value is -2.57. The van der Waals surface area contributed by atoms with Crippen molar-refractivity contribution in [3.8, 4) is 11.4 Å². The van der Waals surface area contributed by atoms with Crippen molar-refractivity contribution in [1.29, 1.82) is 0 Å². The Kier molecular flexibility index (Phi) is 6.21. The van der Waals surface area contributed by atoms with Crippen molar-refractivity contribution in [2.24, 2.45) is 0 Å². The maximum absolute atomic E-state index is 12.8. The first-order chi connectivity index (χ1) is 13.4. The van der Waals surface area contributed by atoms with Crippen LogP contribution in [0, 0.1) is 0 Å². The maximum Gasteiger partial charge on any atom is 0.263 e. The molecule has 3 rings (SSSR count). The van der Waals surface area contributed by atoms with Crippen molar-refractivity contribution < 1.29 is 9.53 Å². The zero-order valence-electron chi connectivity index (χ0n) is 15.7. The van der Waals surface area contributed by atoms with Gasteiger partial charge in [0.25, 0.3) is 5.91 Å². The average Bonchev–Trinajstić information content (AvgIpc) is 3.23. The lowest BCUT2D eigenvalue weighted by atomic mass is 10.1. The van der Waals surface area contributed by atoms with Crippen molar-refractivity contribution in [3.05, 3.63) is 70.7 Å². The quantitative estimate of drug-likeness (QED) is 0.588. The number of halogens is 2. The van der Waals surface area contributed by atoms with Crippen molar-refractivity contribution in [2.45, 2.75) is 26.0 Å². The highest BCUT2D eigenvalue weighted by molar-refractivity contribution is 6.35. The molecule has 0 aliphatic carbocycles. The molecule has 0 aliphatic heterocycles. The minimum Gasteiger partial charge on any atom is -0.479 e. The fraction of sp³-hybridized carbons (Fsp3) is 0.250. The second-order valence-corrected chi connectivity index (χ2v) is 7.24. The number of hydrogen-bond acceptors (Lipinski definition) is 4. The van der Waals surface area contributed by atoms with Gasteiger partial charge in [-0.3, -0.25) is 4.79 Å². The summed E-state index contributed by atoms with van der Waals surface area (Å²) in [5.41, 5.74) is 1.90. The van der Waals surface area contributed by atoms with E-state index in [-0.39, 0.29) is 11.9 Å². The molecule has 0 bridgehead atoms. The minimum absolute atomic E-state index is 0.135. The highest BCUT2D eigenvalue weighted by atomic mass is 35.5. The summed E-state index contributed by atoms with van der Waals surface area (Å²) in [4.78, 5) is 18.4. The van der Waals surface area contributed by atoms with Crippen molar-refractivity contribution in [1.82, 2.24) is 19.7 Å². The third kappa shape index (κ3) is 4.46. The van der Waals surface area contributed by atoms with Crippen LogP contribution >= 0.6 is 23.2 Å². The molecule has 0 radical (unpaired) electrons. The third-order valence-electron chi connectivity index (χ3n) is 4.53. The van der Waals surface area contributed by atoms with Gasteiger partial charge in [0.1, 0.15) is 18.4 Å². The second-order valence-electron chi connectivity index (χ2n) is 6.39. The van der Waals surface area contributed by atoms with E-state index in [4.69, 9.17) is 27.9 Å². The summed E-state index contributed by atoms with van der Waals surface area (Å²) in [6.45, 7) is 3.66. The van der Waals surface area contributed by atoms with E-state index in [9.17, 15) is 4.79 Å². The number of aromatic nitrogens is 3. The molecule has 0 saturated heterocycles. The predicted octanol–water partition coefficient (Wildman–Crippen LogP) is 4.56. The van der Waals surface area contributed by atoms with E-state index in [0.29, 0.717) is 15.8 Å². The van der Waals surface area contributed by atoms with Gasteiger partial charge in [-0.05, 0) is 49.7 Å². The highest BCUT2D eigenvalue weighted by Gasteiger charge is 2.24. The van der Waals surface area contributed by atoms with Gasteiger partial charge in [-0.2, -0.15) is 5.10 Å². The number of carbonyl (C=O) groups is 1. The first-order valence-electron chi connectivity index (χ1n) is 8.70. The summed E-state index contributed by atoms with van der Waals surface area (Å²) in [5, 5.41) is 4.98. The van der Waals surface area contributed by atoms with Crippen molar-refractivity contribution in [3.63, 3.8) is 0 Å². The Morgan fingerprint density at radius 2 is 1.86 bits per heavy atom. The molecular formula is C20H20Cl2N4O2. The Morgan fingerprint density at radius 3 is 2.46 bits per heavy atom. The second kappa shape index (κ2) is 8.63. The normalized spacial score (nSPS) is 13.0. The molecule has 2 aromatic carbocycles. The minimum atomic E-state index is -0.694. The predicted molar refractivity (Wildman–Crippen MR) is 109 cm³/mol. The van der Waals surface area contributed by atoms with E-state index in [0.717, 1.165) is 11.3 Å². The number of amides is 1. The summed E-state index contributed by atoms with van der Waals surface area (Å²) in [5.74, 6) is 0.268. The van der Waals surface area contributed by atoms with Crippen molar-refractivity contribution in [2.75, 3.05) is 7.05 Å². The molecule has 1 amide bonds. The van der Waals surface area contributed by atoms with Gasteiger partial charge < -0.3 is 9.64 Å². The molecule has 6 nitrogen and oxygen atoms in total. The monoisotopic (exact) mass is 418 g/mol. The van der Waals surface area contributed by atoms with Gasteiger partial charge in [-0.1, -0.05) is 35.3 Å². The Balaban J connectivity index is 1.67. The van der Waals surface area contributed by atoms with Gasteiger partial charge in [-0.25, -0.2) is 9.67 Å². The highest BCUT2D eigenvalue weighted by Crippen LogP contribution is 2.29. The van der Waals surface area contributed by atoms with E-state index < -0.39 is 6.10 Å². The third-order valence-corrected chi connectivity index (χ3v) is 5.06. The van der Waals surface area contributed by atoms with Crippen LogP contribution in [0.4, 0.5) is 0 Å². The average molecular weight is 419 g/mol. The van der Waals surface area contributed by atoms with Crippen LogP contribution in [0.2, 0.25) is 10.0 Å². The summed E-state index contributed by atoms with van der Waals surface area (Å²) < 4.78 is 7.41. The topological polar surface area (TPSA) is 60.2 Å². The molecule has 3 aromatic rings. The van der Waals surface area contributed by atoms with E-state index >= 15 is 0 Å². The van der Waals surface area contributed by atoms with Crippen LogP contribution in [0.15, 0.2) is 55.1 Å². The summed E-state index contributed by atoms with van der Waals surface area (Å²) >= 11 is 12.0. The first kappa shape index (κ1) is 20.2.